The van der Waals surface area contributed by atoms with Crippen LogP contribution in [0.3, 0.4) is 0 Å². The van der Waals surface area contributed by atoms with Gasteiger partial charge in [0, 0.05) is 4.88 Å². The topological polar surface area (TPSA) is 59.6 Å². The highest BCUT2D eigenvalue weighted by atomic mass is 32.1. The van der Waals surface area contributed by atoms with E-state index in [-0.39, 0.29) is 31.3 Å². The molecule has 0 bridgehead atoms. The Hall–Kier alpha value is -2.83. The lowest BCUT2D eigenvalue weighted by atomic mass is 10.1. The quantitative estimate of drug-likeness (QED) is 0.635. The van der Waals surface area contributed by atoms with Gasteiger partial charge in [0.1, 0.15) is 0 Å². The SMILES string of the molecule is C[C@H](NC(=O)CN[C@@H](c1ccccc1)c1cccs1)c1ccc2c(c1)OCO2. The molecule has 2 N–H and O–H groups in total. The lowest BCUT2D eigenvalue weighted by Crippen LogP contribution is -2.37. The fourth-order valence-electron chi connectivity index (χ4n) is 3.24. The van der Waals surface area contributed by atoms with E-state index in [9.17, 15) is 4.79 Å². The third-order valence-electron chi connectivity index (χ3n) is 4.70. The number of fused-ring (bicyclic) bond motifs is 1. The first-order valence-electron chi connectivity index (χ1n) is 9.21. The normalized spacial score (nSPS) is 14.5. The Labute approximate surface area is 168 Å². The van der Waals surface area contributed by atoms with Gasteiger partial charge in [-0.15, -0.1) is 11.3 Å². The Kier molecular flexibility index (Phi) is 5.60. The second-order valence-corrected chi connectivity index (χ2v) is 7.62. The number of nitrogens with one attached hydrogen (secondary N) is 2. The summed E-state index contributed by atoms with van der Waals surface area (Å²) in [5, 5.41) is 8.49. The van der Waals surface area contributed by atoms with Gasteiger partial charge in [-0.05, 0) is 41.6 Å². The Morgan fingerprint density at radius 3 is 2.64 bits per heavy atom. The molecule has 2 heterocycles. The molecule has 0 saturated heterocycles. The summed E-state index contributed by atoms with van der Waals surface area (Å²) in [6, 6.07) is 19.9. The summed E-state index contributed by atoms with van der Waals surface area (Å²) in [5.74, 6) is 1.41. The molecule has 2 aromatic carbocycles. The predicted octanol–water partition coefficient (Wildman–Crippen LogP) is 4.03. The van der Waals surface area contributed by atoms with Gasteiger partial charge in [-0.25, -0.2) is 0 Å². The first-order valence-corrected chi connectivity index (χ1v) is 10.1. The van der Waals surface area contributed by atoms with Crippen molar-refractivity contribution in [3.05, 3.63) is 82.0 Å². The molecule has 3 aromatic rings. The van der Waals surface area contributed by atoms with Crippen LogP contribution in [-0.4, -0.2) is 19.2 Å². The maximum atomic E-state index is 12.5. The molecule has 1 aliphatic heterocycles. The first kappa shape index (κ1) is 18.5. The molecule has 0 fully saturated rings. The summed E-state index contributed by atoms with van der Waals surface area (Å²) in [6.07, 6.45) is 0. The average Bonchev–Trinajstić information content (AvgIpc) is 3.40. The van der Waals surface area contributed by atoms with Crippen LogP contribution in [-0.2, 0) is 4.79 Å². The van der Waals surface area contributed by atoms with Crippen LogP contribution in [0.4, 0.5) is 0 Å². The molecule has 1 amide bonds. The van der Waals surface area contributed by atoms with Gasteiger partial charge in [-0.1, -0.05) is 42.5 Å². The Morgan fingerprint density at radius 1 is 1.04 bits per heavy atom. The van der Waals surface area contributed by atoms with Crippen molar-refractivity contribution in [2.45, 2.75) is 19.0 Å². The highest BCUT2D eigenvalue weighted by molar-refractivity contribution is 7.10. The summed E-state index contributed by atoms with van der Waals surface area (Å²) in [6.45, 7) is 2.43. The maximum Gasteiger partial charge on any atom is 0.234 e. The second-order valence-electron chi connectivity index (χ2n) is 6.64. The Bertz CT molecular complexity index is 928. The van der Waals surface area contributed by atoms with Crippen molar-refractivity contribution in [1.82, 2.24) is 10.6 Å². The Balaban J connectivity index is 1.38. The zero-order chi connectivity index (χ0) is 19.3. The van der Waals surface area contributed by atoms with Crippen molar-refractivity contribution >= 4 is 17.2 Å². The minimum absolute atomic E-state index is 0.00667. The molecular formula is C22H22N2O3S. The van der Waals surface area contributed by atoms with Crippen molar-refractivity contribution < 1.29 is 14.3 Å². The summed E-state index contributed by atoms with van der Waals surface area (Å²) >= 11 is 1.68. The number of amides is 1. The molecule has 6 heteroatoms. The number of rotatable bonds is 7. The lowest BCUT2D eigenvalue weighted by molar-refractivity contribution is -0.121. The van der Waals surface area contributed by atoms with E-state index in [0.717, 1.165) is 22.6 Å². The van der Waals surface area contributed by atoms with Gasteiger partial charge in [-0.3, -0.25) is 10.1 Å². The summed E-state index contributed by atoms with van der Waals surface area (Å²) in [4.78, 5) is 13.7. The number of hydrogen-bond donors (Lipinski definition) is 2. The smallest absolute Gasteiger partial charge is 0.234 e. The van der Waals surface area contributed by atoms with E-state index in [0.29, 0.717) is 0 Å². The highest BCUT2D eigenvalue weighted by Crippen LogP contribution is 2.34. The largest absolute Gasteiger partial charge is 0.454 e. The van der Waals surface area contributed by atoms with Crippen molar-refractivity contribution in [2.24, 2.45) is 0 Å². The van der Waals surface area contributed by atoms with Gasteiger partial charge < -0.3 is 14.8 Å². The van der Waals surface area contributed by atoms with Crippen LogP contribution >= 0.6 is 11.3 Å². The molecule has 0 radical (unpaired) electrons. The monoisotopic (exact) mass is 394 g/mol. The first-order chi connectivity index (χ1) is 13.7. The van der Waals surface area contributed by atoms with Gasteiger partial charge in [0.25, 0.3) is 0 Å². The molecule has 28 heavy (non-hydrogen) atoms. The minimum Gasteiger partial charge on any atom is -0.454 e. The number of carbonyl (C=O) groups is 1. The van der Waals surface area contributed by atoms with Crippen LogP contribution in [0.15, 0.2) is 66.0 Å². The zero-order valence-corrected chi connectivity index (χ0v) is 16.4. The molecule has 0 unspecified atom stereocenters. The number of ether oxygens (including phenoxy) is 2. The molecule has 4 rings (SSSR count). The van der Waals surface area contributed by atoms with E-state index in [1.807, 2.05) is 49.4 Å². The minimum atomic E-state index is -0.124. The van der Waals surface area contributed by atoms with Crippen LogP contribution in [0, 0.1) is 0 Å². The fraction of sp³-hybridized carbons (Fsp3) is 0.227. The average molecular weight is 394 g/mol. The van der Waals surface area contributed by atoms with E-state index in [1.54, 1.807) is 11.3 Å². The Morgan fingerprint density at radius 2 is 1.86 bits per heavy atom. The molecular weight excluding hydrogens is 372 g/mol. The molecule has 0 saturated carbocycles. The van der Waals surface area contributed by atoms with Gasteiger partial charge in [0.05, 0.1) is 18.6 Å². The van der Waals surface area contributed by atoms with Gasteiger partial charge in [0.2, 0.25) is 12.7 Å². The van der Waals surface area contributed by atoms with E-state index < -0.39 is 0 Å². The second kappa shape index (κ2) is 8.46. The van der Waals surface area contributed by atoms with Crippen LogP contribution in [0.5, 0.6) is 11.5 Å². The van der Waals surface area contributed by atoms with Gasteiger partial charge in [-0.2, -0.15) is 0 Å². The van der Waals surface area contributed by atoms with Gasteiger partial charge in [0.15, 0.2) is 11.5 Å². The molecule has 0 spiro atoms. The summed E-state index contributed by atoms with van der Waals surface area (Å²) < 4.78 is 10.8. The molecule has 5 nitrogen and oxygen atoms in total. The summed E-state index contributed by atoms with van der Waals surface area (Å²) in [5.41, 5.74) is 2.12. The number of hydrogen-bond acceptors (Lipinski definition) is 5. The third kappa shape index (κ3) is 4.18. The lowest BCUT2D eigenvalue weighted by Gasteiger charge is -2.19. The molecule has 1 aliphatic rings. The van der Waals surface area contributed by atoms with E-state index in [2.05, 4.69) is 34.2 Å². The van der Waals surface area contributed by atoms with Crippen molar-refractivity contribution in [2.75, 3.05) is 13.3 Å². The number of thiophene rings is 1. The predicted molar refractivity (Wildman–Crippen MR) is 110 cm³/mol. The van der Waals surface area contributed by atoms with Gasteiger partial charge >= 0.3 is 0 Å². The van der Waals surface area contributed by atoms with Crippen LogP contribution < -0.4 is 20.1 Å². The van der Waals surface area contributed by atoms with Crippen molar-refractivity contribution in [1.29, 1.82) is 0 Å². The molecule has 144 valence electrons. The maximum absolute atomic E-state index is 12.5. The van der Waals surface area contributed by atoms with E-state index in [1.165, 1.54) is 4.88 Å². The number of benzene rings is 2. The third-order valence-corrected chi connectivity index (χ3v) is 5.64. The van der Waals surface area contributed by atoms with Crippen molar-refractivity contribution in [3.63, 3.8) is 0 Å². The zero-order valence-electron chi connectivity index (χ0n) is 15.6. The van der Waals surface area contributed by atoms with Crippen LogP contribution in [0.25, 0.3) is 0 Å². The molecule has 0 aliphatic carbocycles. The standard InChI is InChI=1S/C22H22N2O3S/c1-15(17-9-10-18-19(12-17)27-14-26-18)24-21(25)13-23-22(20-8-5-11-28-20)16-6-3-2-4-7-16/h2-12,15,22-23H,13-14H2,1H3,(H,24,25)/t15-,22-/m0/s1. The summed E-state index contributed by atoms with van der Waals surface area (Å²) in [7, 11) is 0. The molecule has 1 aromatic heterocycles. The van der Waals surface area contributed by atoms with E-state index in [4.69, 9.17) is 9.47 Å². The van der Waals surface area contributed by atoms with E-state index >= 15 is 0 Å². The van der Waals surface area contributed by atoms with Crippen LogP contribution in [0.1, 0.15) is 35.0 Å². The number of carbonyl (C=O) groups excluding carboxylic acids is 1. The fourth-order valence-corrected chi connectivity index (χ4v) is 4.06. The highest BCUT2D eigenvalue weighted by Gasteiger charge is 2.19. The van der Waals surface area contributed by atoms with Crippen molar-refractivity contribution in [3.8, 4) is 11.5 Å². The molecule has 2 atom stereocenters. The van der Waals surface area contributed by atoms with Crippen LogP contribution in [0.2, 0.25) is 0 Å².